The molecule has 0 fully saturated rings. The first-order valence-corrected chi connectivity index (χ1v) is 8.28. The van der Waals surface area contributed by atoms with Crippen LogP contribution in [0, 0.1) is 25.5 Å². The quantitative estimate of drug-likeness (QED) is 0.716. The molecular formula is C19H16ClF2N3O. The molecule has 0 aliphatic heterocycles. The number of benzene rings is 2. The number of aromatic nitrogens is 2. The maximum Gasteiger partial charge on any atom is 0.259 e. The molecule has 0 saturated heterocycles. The van der Waals surface area contributed by atoms with Crippen molar-refractivity contribution in [2.45, 2.75) is 20.4 Å². The van der Waals surface area contributed by atoms with Crippen LogP contribution in [0.5, 0.6) is 0 Å². The Balaban J connectivity index is 1.87. The van der Waals surface area contributed by atoms with Gasteiger partial charge in [0, 0.05) is 16.8 Å². The number of rotatable bonds is 4. The summed E-state index contributed by atoms with van der Waals surface area (Å²) in [5.41, 5.74) is 2.27. The fourth-order valence-corrected chi connectivity index (χ4v) is 2.94. The zero-order valence-corrected chi connectivity index (χ0v) is 14.9. The molecule has 0 aliphatic carbocycles. The number of nitrogens with zero attached hydrogens (tertiary/aromatic N) is 2. The third kappa shape index (κ3) is 3.60. The predicted molar refractivity (Wildman–Crippen MR) is 96.6 cm³/mol. The van der Waals surface area contributed by atoms with E-state index >= 15 is 0 Å². The smallest absolute Gasteiger partial charge is 0.259 e. The minimum atomic E-state index is -0.836. The Bertz CT molecular complexity index is 985. The highest BCUT2D eigenvalue weighted by atomic mass is 35.5. The van der Waals surface area contributed by atoms with Crippen LogP contribution in [-0.4, -0.2) is 15.7 Å². The van der Waals surface area contributed by atoms with E-state index < -0.39 is 17.5 Å². The molecule has 0 saturated carbocycles. The minimum absolute atomic E-state index is 0.0888. The van der Waals surface area contributed by atoms with Gasteiger partial charge in [-0.3, -0.25) is 9.48 Å². The van der Waals surface area contributed by atoms with Crippen molar-refractivity contribution in [2.75, 3.05) is 5.32 Å². The highest BCUT2D eigenvalue weighted by Crippen LogP contribution is 2.21. The largest absolute Gasteiger partial charge is 0.319 e. The van der Waals surface area contributed by atoms with Gasteiger partial charge in [-0.15, -0.1) is 0 Å². The number of amides is 1. The Hall–Kier alpha value is -2.73. The van der Waals surface area contributed by atoms with Crippen molar-refractivity contribution in [3.05, 3.63) is 81.6 Å². The summed E-state index contributed by atoms with van der Waals surface area (Å²) in [5, 5.41) is 7.46. The average Bonchev–Trinajstić information content (AvgIpc) is 2.86. The number of halogens is 3. The summed E-state index contributed by atoms with van der Waals surface area (Å²) >= 11 is 6.18. The highest BCUT2D eigenvalue weighted by Gasteiger charge is 2.20. The van der Waals surface area contributed by atoms with Gasteiger partial charge in [-0.05, 0) is 37.6 Å². The maximum atomic E-state index is 13.8. The average molecular weight is 376 g/mol. The van der Waals surface area contributed by atoms with Gasteiger partial charge >= 0.3 is 0 Å². The van der Waals surface area contributed by atoms with Gasteiger partial charge < -0.3 is 5.32 Å². The van der Waals surface area contributed by atoms with E-state index in [1.165, 1.54) is 6.07 Å². The molecular weight excluding hydrogens is 360 g/mol. The number of hydrogen-bond donors (Lipinski definition) is 1. The van der Waals surface area contributed by atoms with Crippen molar-refractivity contribution in [3.8, 4) is 0 Å². The van der Waals surface area contributed by atoms with Crippen LogP contribution in [0.4, 0.5) is 14.5 Å². The van der Waals surface area contributed by atoms with Crippen LogP contribution < -0.4 is 5.32 Å². The minimum Gasteiger partial charge on any atom is -0.319 e. The third-order valence-corrected chi connectivity index (χ3v) is 4.43. The molecule has 4 nitrogen and oxygen atoms in total. The van der Waals surface area contributed by atoms with E-state index in [-0.39, 0.29) is 5.69 Å². The van der Waals surface area contributed by atoms with E-state index in [0.717, 1.165) is 17.7 Å². The molecule has 3 aromatic rings. The molecule has 7 heteroatoms. The summed E-state index contributed by atoms with van der Waals surface area (Å²) in [4.78, 5) is 12.6. The van der Waals surface area contributed by atoms with Gasteiger partial charge in [0.05, 0.1) is 23.5 Å². The molecule has 0 atom stereocenters. The SMILES string of the molecule is Cc1nn(Cc2ccccc2Cl)c(C)c1C(=O)Nc1ccc(F)cc1F. The number of aryl methyl sites for hydroxylation is 1. The second-order valence-corrected chi connectivity index (χ2v) is 6.28. The molecule has 1 heterocycles. The van der Waals surface area contributed by atoms with Crippen LogP contribution in [0.2, 0.25) is 5.02 Å². The number of anilines is 1. The molecule has 2 aromatic carbocycles. The fraction of sp³-hybridized carbons (Fsp3) is 0.158. The van der Waals surface area contributed by atoms with E-state index in [2.05, 4.69) is 10.4 Å². The van der Waals surface area contributed by atoms with Gasteiger partial charge in [0.1, 0.15) is 11.6 Å². The van der Waals surface area contributed by atoms with Crippen molar-refractivity contribution in [1.29, 1.82) is 0 Å². The van der Waals surface area contributed by atoms with Gasteiger partial charge in [-0.1, -0.05) is 29.8 Å². The van der Waals surface area contributed by atoms with E-state index in [1.54, 1.807) is 24.6 Å². The van der Waals surface area contributed by atoms with Crippen LogP contribution in [-0.2, 0) is 6.54 Å². The summed E-state index contributed by atoms with van der Waals surface area (Å²) < 4.78 is 28.4. The van der Waals surface area contributed by atoms with Gasteiger partial charge in [-0.25, -0.2) is 8.78 Å². The Morgan fingerprint density at radius 3 is 2.62 bits per heavy atom. The number of nitrogens with one attached hydrogen (secondary N) is 1. The molecule has 1 amide bonds. The van der Waals surface area contributed by atoms with Crippen LogP contribution in [0.3, 0.4) is 0 Å². The van der Waals surface area contributed by atoms with Crippen molar-refractivity contribution >= 4 is 23.2 Å². The maximum absolute atomic E-state index is 13.8. The normalized spacial score (nSPS) is 10.8. The monoisotopic (exact) mass is 375 g/mol. The van der Waals surface area contributed by atoms with E-state index in [0.29, 0.717) is 28.5 Å². The summed E-state index contributed by atoms with van der Waals surface area (Å²) in [6, 6.07) is 10.4. The third-order valence-electron chi connectivity index (χ3n) is 4.07. The number of hydrogen-bond acceptors (Lipinski definition) is 2. The van der Waals surface area contributed by atoms with Crippen LogP contribution >= 0.6 is 11.6 Å². The lowest BCUT2D eigenvalue weighted by atomic mass is 10.1. The summed E-state index contributed by atoms with van der Waals surface area (Å²) in [6.45, 7) is 3.86. The van der Waals surface area contributed by atoms with Crippen LogP contribution in [0.1, 0.15) is 27.3 Å². The first-order valence-electron chi connectivity index (χ1n) is 7.90. The highest BCUT2D eigenvalue weighted by molar-refractivity contribution is 6.31. The summed E-state index contributed by atoms with van der Waals surface area (Å²) in [5.74, 6) is -2.05. The first kappa shape index (κ1) is 18.1. The topological polar surface area (TPSA) is 46.9 Å². The Morgan fingerprint density at radius 2 is 1.92 bits per heavy atom. The Labute approximate surface area is 154 Å². The molecule has 134 valence electrons. The predicted octanol–water partition coefficient (Wildman–Crippen LogP) is 4.73. The molecule has 0 unspecified atom stereocenters. The van der Waals surface area contributed by atoms with Gasteiger partial charge in [0.2, 0.25) is 0 Å². The van der Waals surface area contributed by atoms with Gasteiger partial charge in [-0.2, -0.15) is 5.10 Å². The van der Waals surface area contributed by atoms with Gasteiger partial charge in [0.15, 0.2) is 0 Å². The van der Waals surface area contributed by atoms with Crippen molar-refractivity contribution in [3.63, 3.8) is 0 Å². The zero-order valence-electron chi connectivity index (χ0n) is 14.2. The number of carbonyl (C=O) groups excluding carboxylic acids is 1. The molecule has 0 radical (unpaired) electrons. The Kier molecular flexibility index (Phi) is 5.04. The standard InChI is InChI=1S/C19H16ClF2N3O/c1-11-18(19(26)23-17-8-7-14(21)9-16(17)22)12(2)25(24-11)10-13-5-3-4-6-15(13)20/h3-9H,10H2,1-2H3,(H,23,26). The summed E-state index contributed by atoms with van der Waals surface area (Å²) in [6.07, 6.45) is 0. The Morgan fingerprint density at radius 1 is 1.19 bits per heavy atom. The molecule has 1 N–H and O–H groups in total. The molecule has 0 aliphatic rings. The molecule has 1 aromatic heterocycles. The van der Waals surface area contributed by atoms with Crippen molar-refractivity contribution in [2.24, 2.45) is 0 Å². The molecule has 26 heavy (non-hydrogen) atoms. The summed E-state index contributed by atoms with van der Waals surface area (Å²) in [7, 11) is 0. The second kappa shape index (κ2) is 7.25. The van der Waals surface area contributed by atoms with Crippen LogP contribution in [0.25, 0.3) is 0 Å². The van der Waals surface area contributed by atoms with Crippen molar-refractivity contribution in [1.82, 2.24) is 9.78 Å². The zero-order chi connectivity index (χ0) is 18.8. The number of carbonyl (C=O) groups is 1. The van der Waals surface area contributed by atoms with Crippen molar-refractivity contribution < 1.29 is 13.6 Å². The fourth-order valence-electron chi connectivity index (χ4n) is 2.74. The first-order chi connectivity index (χ1) is 12.4. The second-order valence-electron chi connectivity index (χ2n) is 5.87. The molecule has 3 rings (SSSR count). The van der Waals surface area contributed by atoms with Crippen LogP contribution in [0.15, 0.2) is 42.5 Å². The molecule has 0 bridgehead atoms. The lowest BCUT2D eigenvalue weighted by Crippen LogP contribution is -2.15. The van der Waals surface area contributed by atoms with Gasteiger partial charge in [0.25, 0.3) is 5.91 Å². The lowest BCUT2D eigenvalue weighted by molar-refractivity contribution is 0.102. The molecule has 0 spiro atoms. The van der Waals surface area contributed by atoms with E-state index in [4.69, 9.17) is 11.6 Å². The lowest BCUT2D eigenvalue weighted by Gasteiger charge is -2.08. The van der Waals surface area contributed by atoms with E-state index in [1.807, 2.05) is 18.2 Å². The van der Waals surface area contributed by atoms with E-state index in [9.17, 15) is 13.6 Å².